The standard InChI is InChI=1S/C12H11F4N3/c13-11-2-1-8(5-10(11)12(14,15)16)6-17-7-9-3-4-18-19-9/h1-5,17H,6-7H2,(H,18,19). The molecule has 0 atom stereocenters. The second-order valence-corrected chi connectivity index (χ2v) is 4.00. The van der Waals surface area contributed by atoms with Crippen LogP contribution in [0.15, 0.2) is 30.5 Å². The molecule has 2 aromatic rings. The lowest BCUT2D eigenvalue weighted by molar-refractivity contribution is -0.140. The summed E-state index contributed by atoms with van der Waals surface area (Å²) in [4.78, 5) is 0. The highest BCUT2D eigenvalue weighted by Crippen LogP contribution is 2.31. The smallest absolute Gasteiger partial charge is 0.307 e. The number of rotatable bonds is 4. The maximum absolute atomic E-state index is 13.1. The molecule has 7 heteroatoms. The van der Waals surface area contributed by atoms with Gasteiger partial charge in [0.15, 0.2) is 0 Å². The van der Waals surface area contributed by atoms with Crippen molar-refractivity contribution in [1.82, 2.24) is 15.5 Å². The van der Waals surface area contributed by atoms with Crippen LogP contribution < -0.4 is 5.32 Å². The SMILES string of the molecule is Fc1ccc(CNCc2ccn[nH]2)cc1C(F)(F)F. The highest BCUT2D eigenvalue weighted by molar-refractivity contribution is 5.27. The normalized spacial score (nSPS) is 11.8. The first-order valence-corrected chi connectivity index (χ1v) is 5.51. The van der Waals surface area contributed by atoms with Gasteiger partial charge in [-0.05, 0) is 23.8 Å². The lowest BCUT2D eigenvalue weighted by Gasteiger charge is -2.10. The van der Waals surface area contributed by atoms with E-state index in [0.29, 0.717) is 12.1 Å². The van der Waals surface area contributed by atoms with Crippen molar-refractivity contribution >= 4 is 0 Å². The minimum absolute atomic E-state index is 0.211. The summed E-state index contributed by atoms with van der Waals surface area (Å²) in [6.07, 6.45) is -3.10. The highest BCUT2D eigenvalue weighted by Gasteiger charge is 2.34. The summed E-state index contributed by atoms with van der Waals surface area (Å²) in [5.41, 5.74) is -0.0558. The Balaban J connectivity index is 2.01. The van der Waals surface area contributed by atoms with Gasteiger partial charge in [0.25, 0.3) is 0 Å². The van der Waals surface area contributed by atoms with E-state index in [4.69, 9.17) is 0 Å². The molecule has 0 aliphatic heterocycles. The number of hydrogen-bond acceptors (Lipinski definition) is 2. The lowest BCUT2D eigenvalue weighted by atomic mass is 10.1. The Kier molecular flexibility index (Phi) is 3.84. The topological polar surface area (TPSA) is 40.7 Å². The van der Waals surface area contributed by atoms with Crippen molar-refractivity contribution in [1.29, 1.82) is 0 Å². The Morgan fingerprint density at radius 1 is 1.16 bits per heavy atom. The van der Waals surface area contributed by atoms with E-state index in [9.17, 15) is 17.6 Å². The molecule has 0 aliphatic carbocycles. The van der Waals surface area contributed by atoms with Gasteiger partial charge in [0.05, 0.1) is 5.56 Å². The van der Waals surface area contributed by atoms with Gasteiger partial charge in [0.1, 0.15) is 5.82 Å². The fraction of sp³-hybridized carbons (Fsp3) is 0.250. The molecular weight excluding hydrogens is 262 g/mol. The van der Waals surface area contributed by atoms with Crippen molar-refractivity contribution in [3.05, 3.63) is 53.1 Å². The Morgan fingerprint density at radius 3 is 2.58 bits per heavy atom. The molecule has 1 aromatic carbocycles. The number of H-pyrrole nitrogens is 1. The Hall–Kier alpha value is -1.89. The van der Waals surface area contributed by atoms with E-state index in [1.807, 2.05) is 0 Å². The van der Waals surface area contributed by atoms with Crippen LogP contribution in [-0.2, 0) is 19.3 Å². The third-order valence-electron chi connectivity index (χ3n) is 2.54. The predicted molar refractivity (Wildman–Crippen MR) is 60.5 cm³/mol. The summed E-state index contributed by atoms with van der Waals surface area (Å²) < 4.78 is 50.6. The zero-order valence-corrected chi connectivity index (χ0v) is 9.76. The van der Waals surface area contributed by atoms with Crippen LogP contribution in [0, 0.1) is 5.82 Å². The quantitative estimate of drug-likeness (QED) is 0.841. The minimum Gasteiger partial charge on any atom is -0.307 e. The van der Waals surface area contributed by atoms with Gasteiger partial charge in [-0.3, -0.25) is 5.10 Å². The van der Waals surface area contributed by atoms with Crippen molar-refractivity contribution in [2.24, 2.45) is 0 Å². The molecule has 0 bridgehead atoms. The van der Waals surface area contributed by atoms with Crippen LogP contribution in [0.2, 0.25) is 0 Å². The molecule has 0 unspecified atom stereocenters. The monoisotopic (exact) mass is 273 g/mol. The number of halogens is 4. The molecular formula is C12H11F4N3. The summed E-state index contributed by atoms with van der Waals surface area (Å²) in [6, 6.07) is 4.72. The van der Waals surface area contributed by atoms with E-state index in [0.717, 1.165) is 17.8 Å². The van der Waals surface area contributed by atoms with Gasteiger partial charge < -0.3 is 5.32 Å². The molecule has 0 radical (unpaired) electrons. The minimum atomic E-state index is -4.68. The molecule has 2 rings (SSSR count). The zero-order valence-electron chi connectivity index (χ0n) is 9.76. The summed E-state index contributed by atoms with van der Waals surface area (Å²) in [5, 5.41) is 9.40. The fourth-order valence-electron chi connectivity index (χ4n) is 1.62. The van der Waals surface area contributed by atoms with Crippen LogP contribution in [0.4, 0.5) is 17.6 Å². The maximum atomic E-state index is 13.1. The average Bonchev–Trinajstić information content (AvgIpc) is 2.83. The van der Waals surface area contributed by atoms with E-state index in [2.05, 4.69) is 15.5 Å². The first kappa shape index (κ1) is 13.5. The van der Waals surface area contributed by atoms with E-state index >= 15 is 0 Å². The van der Waals surface area contributed by atoms with Crippen LogP contribution in [0.25, 0.3) is 0 Å². The summed E-state index contributed by atoms with van der Waals surface area (Å²) >= 11 is 0. The third kappa shape index (κ3) is 3.54. The van der Waals surface area contributed by atoms with E-state index in [1.165, 1.54) is 6.07 Å². The Bertz CT molecular complexity index is 534. The van der Waals surface area contributed by atoms with E-state index in [-0.39, 0.29) is 6.54 Å². The van der Waals surface area contributed by atoms with Gasteiger partial charge in [-0.15, -0.1) is 0 Å². The van der Waals surface area contributed by atoms with Crippen molar-refractivity contribution in [3.63, 3.8) is 0 Å². The molecule has 0 fully saturated rings. The zero-order chi connectivity index (χ0) is 13.9. The van der Waals surface area contributed by atoms with Gasteiger partial charge in [-0.25, -0.2) is 4.39 Å². The van der Waals surface area contributed by atoms with Crippen LogP contribution in [0.1, 0.15) is 16.8 Å². The van der Waals surface area contributed by atoms with Crippen LogP contribution in [0.5, 0.6) is 0 Å². The van der Waals surface area contributed by atoms with Crippen molar-refractivity contribution in [2.45, 2.75) is 19.3 Å². The lowest BCUT2D eigenvalue weighted by Crippen LogP contribution is -2.15. The molecule has 102 valence electrons. The summed E-state index contributed by atoms with van der Waals surface area (Å²) in [5.74, 6) is -1.26. The molecule has 2 N–H and O–H groups in total. The largest absolute Gasteiger partial charge is 0.419 e. The van der Waals surface area contributed by atoms with Gasteiger partial charge in [-0.1, -0.05) is 6.07 Å². The molecule has 19 heavy (non-hydrogen) atoms. The molecule has 0 spiro atoms. The van der Waals surface area contributed by atoms with Gasteiger partial charge in [0.2, 0.25) is 0 Å². The van der Waals surface area contributed by atoms with E-state index < -0.39 is 17.6 Å². The number of aromatic amines is 1. The predicted octanol–water partition coefficient (Wildman–Crippen LogP) is 2.86. The number of alkyl halides is 3. The Morgan fingerprint density at radius 2 is 1.95 bits per heavy atom. The second-order valence-electron chi connectivity index (χ2n) is 4.00. The van der Waals surface area contributed by atoms with Crippen LogP contribution in [0.3, 0.4) is 0 Å². The molecule has 0 aliphatic rings. The van der Waals surface area contributed by atoms with E-state index in [1.54, 1.807) is 12.3 Å². The van der Waals surface area contributed by atoms with Gasteiger partial charge >= 0.3 is 6.18 Å². The maximum Gasteiger partial charge on any atom is 0.419 e. The highest BCUT2D eigenvalue weighted by atomic mass is 19.4. The van der Waals surface area contributed by atoms with Crippen LogP contribution >= 0.6 is 0 Å². The summed E-state index contributed by atoms with van der Waals surface area (Å²) in [6.45, 7) is 0.654. The van der Waals surface area contributed by atoms with Gasteiger partial charge in [0, 0.05) is 25.0 Å². The molecule has 1 heterocycles. The molecule has 0 amide bonds. The number of hydrogen-bond donors (Lipinski definition) is 2. The Labute approximate surface area is 106 Å². The summed E-state index contributed by atoms with van der Waals surface area (Å²) in [7, 11) is 0. The number of nitrogens with one attached hydrogen (secondary N) is 2. The van der Waals surface area contributed by atoms with Crippen LogP contribution in [-0.4, -0.2) is 10.2 Å². The first-order chi connectivity index (χ1) is 8.97. The first-order valence-electron chi connectivity index (χ1n) is 5.51. The molecule has 1 aromatic heterocycles. The number of benzene rings is 1. The van der Waals surface area contributed by atoms with Crippen molar-refractivity contribution in [3.8, 4) is 0 Å². The number of nitrogens with zero attached hydrogens (tertiary/aromatic N) is 1. The fourth-order valence-corrected chi connectivity index (χ4v) is 1.62. The van der Waals surface area contributed by atoms with Crippen molar-refractivity contribution < 1.29 is 17.6 Å². The van der Waals surface area contributed by atoms with Crippen molar-refractivity contribution in [2.75, 3.05) is 0 Å². The third-order valence-corrected chi connectivity index (χ3v) is 2.54. The second kappa shape index (κ2) is 5.40. The average molecular weight is 273 g/mol. The van der Waals surface area contributed by atoms with Gasteiger partial charge in [-0.2, -0.15) is 18.3 Å². The molecule has 0 saturated heterocycles. The number of aromatic nitrogens is 2. The molecule has 3 nitrogen and oxygen atoms in total. The molecule has 0 saturated carbocycles.